The van der Waals surface area contributed by atoms with Crippen LogP contribution in [-0.2, 0) is 0 Å². The van der Waals surface area contributed by atoms with Gasteiger partial charge in [0.05, 0.1) is 8.80 Å². The predicted molar refractivity (Wildman–Crippen MR) is 91.6 cm³/mol. The Hall–Kier alpha value is 0.784. The van der Waals surface area contributed by atoms with Crippen molar-refractivity contribution in [2.75, 3.05) is 0 Å². The van der Waals surface area contributed by atoms with Crippen LogP contribution in [0.1, 0.15) is 54.4 Å². The summed E-state index contributed by atoms with van der Waals surface area (Å²) in [4.78, 5) is 1.08. The molecule has 0 saturated heterocycles. The van der Waals surface area contributed by atoms with Crippen LogP contribution in [0.5, 0.6) is 0 Å². The molecule has 0 nitrogen and oxygen atoms in total. The summed E-state index contributed by atoms with van der Waals surface area (Å²) >= 11 is 2.52. The summed E-state index contributed by atoms with van der Waals surface area (Å²) in [5.74, 6) is 0. The van der Waals surface area contributed by atoms with Gasteiger partial charge in [-0.25, -0.2) is 0 Å². The molecular formula is C14H34SSi2. The second kappa shape index (κ2) is 9.68. The van der Waals surface area contributed by atoms with Crippen molar-refractivity contribution in [1.82, 2.24) is 0 Å². The second-order valence-electron chi connectivity index (χ2n) is 5.27. The van der Waals surface area contributed by atoms with E-state index in [0.29, 0.717) is 0 Å². The lowest BCUT2D eigenvalue weighted by Crippen LogP contribution is -2.36. The van der Waals surface area contributed by atoms with Crippen molar-refractivity contribution in [3.63, 3.8) is 0 Å². The quantitative estimate of drug-likeness (QED) is 0.465. The maximum Gasteiger partial charge on any atom is 0.116 e. The minimum atomic E-state index is -0.962. The molecule has 1 unspecified atom stereocenters. The highest BCUT2D eigenvalue weighted by atomic mass is 32.4. The molecule has 0 fully saturated rings. The van der Waals surface area contributed by atoms with Crippen molar-refractivity contribution in [3.05, 3.63) is 0 Å². The maximum absolute atomic E-state index is 2.52. The SMILES string of the molecule is CCCC(S[Si](CC)(CC)CC)[SiH](CC)CC. The van der Waals surface area contributed by atoms with E-state index in [4.69, 9.17) is 0 Å². The van der Waals surface area contributed by atoms with Crippen LogP contribution in [0.25, 0.3) is 0 Å². The topological polar surface area (TPSA) is 0 Å². The highest BCUT2D eigenvalue weighted by Gasteiger charge is 2.33. The maximum atomic E-state index is 2.52. The Bertz CT molecular complexity index is 169. The molecule has 104 valence electrons. The van der Waals surface area contributed by atoms with Crippen LogP contribution in [0.3, 0.4) is 0 Å². The molecule has 0 N–H and O–H groups in total. The fourth-order valence-corrected chi connectivity index (χ4v) is 18.3. The Morgan fingerprint density at radius 1 is 0.882 bits per heavy atom. The molecule has 0 radical (unpaired) electrons. The minimum absolute atomic E-state index is 0.469. The van der Waals surface area contributed by atoms with E-state index in [1.807, 2.05) is 0 Å². The largest absolute Gasteiger partial charge is 0.185 e. The van der Waals surface area contributed by atoms with Crippen LogP contribution in [-0.4, -0.2) is 20.9 Å². The Kier molecular flexibility index (Phi) is 10.1. The van der Waals surface area contributed by atoms with Crippen molar-refractivity contribution >= 4 is 27.2 Å². The van der Waals surface area contributed by atoms with E-state index >= 15 is 0 Å². The highest BCUT2D eigenvalue weighted by Crippen LogP contribution is 2.39. The van der Waals surface area contributed by atoms with Crippen LogP contribution < -0.4 is 0 Å². The fraction of sp³-hybridized carbons (Fsp3) is 1.00. The summed E-state index contributed by atoms with van der Waals surface area (Å²) in [6, 6.07) is 7.48. The van der Waals surface area contributed by atoms with E-state index in [-0.39, 0.29) is 0 Å². The zero-order valence-electron chi connectivity index (χ0n) is 13.0. The molecule has 0 aromatic carbocycles. The zero-order chi connectivity index (χ0) is 13.3. The summed E-state index contributed by atoms with van der Waals surface area (Å²) < 4.78 is 0. The monoisotopic (exact) mass is 290 g/mol. The summed E-state index contributed by atoms with van der Waals surface area (Å²) in [5.41, 5.74) is 0. The molecule has 17 heavy (non-hydrogen) atoms. The first kappa shape index (κ1) is 17.8. The Balaban J connectivity index is 4.70. The van der Waals surface area contributed by atoms with Gasteiger partial charge < -0.3 is 0 Å². The molecule has 0 amide bonds. The van der Waals surface area contributed by atoms with Gasteiger partial charge in [0.2, 0.25) is 0 Å². The minimum Gasteiger partial charge on any atom is -0.185 e. The first-order valence-electron chi connectivity index (χ1n) is 7.80. The van der Waals surface area contributed by atoms with Crippen LogP contribution in [0, 0.1) is 0 Å². The Morgan fingerprint density at radius 3 is 1.65 bits per heavy atom. The molecule has 0 bridgehead atoms. The van der Waals surface area contributed by atoms with Gasteiger partial charge in [0.25, 0.3) is 0 Å². The van der Waals surface area contributed by atoms with Gasteiger partial charge in [-0.3, -0.25) is 0 Å². The number of rotatable bonds is 10. The standard InChI is InChI=1S/C14H34SSi2/c1-7-13-14(16(8-2)9-3)15-17(10-4,11-5)12-6/h14,16H,7-13H2,1-6H3. The van der Waals surface area contributed by atoms with Crippen LogP contribution >= 0.6 is 11.2 Å². The van der Waals surface area contributed by atoms with Gasteiger partial charge in [0.1, 0.15) is 7.22 Å². The fourth-order valence-electron chi connectivity index (χ4n) is 2.81. The molecule has 0 aliphatic heterocycles. The van der Waals surface area contributed by atoms with Gasteiger partial charge >= 0.3 is 0 Å². The van der Waals surface area contributed by atoms with E-state index in [0.717, 1.165) is 4.87 Å². The number of hydrogen-bond acceptors (Lipinski definition) is 1. The first-order chi connectivity index (χ1) is 8.12. The molecule has 0 aromatic rings. The molecular weight excluding hydrogens is 256 g/mol. The van der Waals surface area contributed by atoms with Crippen molar-refractivity contribution in [3.8, 4) is 0 Å². The normalized spacial score (nSPS) is 14.3. The molecule has 0 aromatic heterocycles. The van der Waals surface area contributed by atoms with Crippen LogP contribution in [0.2, 0.25) is 30.2 Å². The third-order valence-corrected chi connectivity index (χ3v) is 20.3. The third-order valence-electron chi connectivity index (χ3n) is 4.48. The van der Waals surface area contributed by atoms with Crippen molar-refractivity contribution in [1.29, 1.82) is 0 Å². The van der Waals surface area contributed by atoms with Gasteiger partial charge in [-0.15, -0.1) is 0 Å². The van der Waals surface area contributed by atoms with Crippen LogP contribution in [0.15, 0.2) is 0 Å². The van der Waals surface area contributed by atoms with Crippen LogP contribution in [0.4, 0.5) is 0 Å². The predicted octanol–water partition coefficient (Wildman–Crippen LogP) is 5.70. The molecule has 0 aliphatic rings. The lowest BCUT2D eigenvalue weighted by Gasteiger charge is -2.35. The smallest absolute Gasteiger partial charge is 0.116 e. The summed E-state index contributed by atoms with van der Waals surface area (Å²) in [6.07, 6.45) is 2.89. The molecule has 0 rings (SSSR count). The molecule has 0 saturated carbocycles. The average molecular weight is 291 g/mol. The van der Waals surface area contributed by atoms with Crippen molar-refractivity contribution in [2.45, 2.75) is 89.5 Å². The highest BCUT2D eigenvalue weighted by molar-refractivity contribution is 8.30. The van der Waals surface area contributed by atoms with E-state index < -0.39 is 16.0 Å². The summed E-state index contributed by atoms with van der Waals surface area (Å²) in [5, 5.41) is 0. The molecule has 1 atom stereocenters. The summed E-state index contributed by atoms with van der Waals surface area (Å²) in [6.45, 7) is 14.6. The summed E-state index contributed by atoms with van der Waals surface area (Å²) in [7, 11) is -1.43. The first-order valence-corrected chi connectivity index (χ1v) is 14.3. The Morgan fingerprint density at radius 2 is 1.35 bits per heavy atom. The van der Waals surface area contributed by atoms with E-state index in [1.165, 1.54) is 43.1 Å². The van der Waals surface area contributed by atoms with Gasteiger partial charge in [0, 0.05) is 0 Å². The average Bonchev–Trinajstić information content (AvgIpc) is 2.37. The van der Waals surface area contributed by atoms with E-state index in [9.17, 15) is 0 Å². The number of hydrogen-bond donors (Lipinski definition) is 0. The lowest BCUT2D eigenvalue weighted by molar-refractivity contribution is 0.849. The zero-order valence-corrected chi connectivity index (χ0v) is 16.0. The van der Waals surface area contributed by atoms with Gasteiger partial charge in [-0.1, -0.05) is 78.2 Å². The molecule has 0 heterocycles. The van der Waals surface area contributed by atoms with E-state index in [1.54, 1.807) is 0 Å². The third kappa shape index (κ3) is 5.52. The molecule has 0 spiro atoms. The van der Waals surface area contributed by atoms with Crippen molar-refractivity contribution < 1.29 is 0 Å². The van der Waals surface area contributed by atoms with Crippen molar-refractivity contribution in [2.24, 2.45) is 0 Å². The lowest BCUT2D eigenvalue weighted by atomic mass is 10.4. The van der Waals surface area contributed by atoms with E-state index in [2.05, 4.69) is 52.8 Å². The van der Waals surface area contributed by atoms with Gasteiger partial charge in [-0.05, 0) is 11.3 Å². The van der Waals surface area contributed by atoms with Gasteiger partial charge in [-0.2, -0.15) is 11.2 Å². The molecule has 0 aliphatic carbocycles. The Labute approximate surface area is 117 Å². The van der Waals surface area contributed by atoms with Gasteiger partial charge in [0.15, 0.2) is 0 Å². The second-order valence-corrected chi connectivity index (χ2v) is 18.3. The molecule has 3 heteroatoms.